The fourth-order valence-corrected chi connectivity index (χ4v) is 4.65. The van der Waals surface area contributed by atoms with Crippen LogP contribution in [0.2, 0.25) is 0 Å². The average Bonchev–Trinajstić information content (AvgIpc) is 2.96. The second-order valence-electron chi connectivity index (χ2n) is 5.88. The van der Waals surface area contributed by atoms with Crippen molar-refractivity contribution in [1.82, 2.24) is 4.98 Å². The lowest BCUT2D eigenvalue weighted by molar-refractivity contribution is -0.138. The van der Waals surface area contributed by atoms with E-state index in [-0.39, 0.29) is 12.3 Å². The number of para-hydroxylation sites is 1. The molecule has 3 N–H and O–H groups in total. The molecule has 0 fully saturated rings. The van der Waals surface area contributed by atoms with Gasteiger partial charge in [-0.25, -0.2) is 0 Å². The van der Waals surface area contributed by atoms with E-state index in [0.29, 0.717) is 5.69 Å². The molecule has 1 heterocycles. The summed E-state index contributed by atoms with van der Waals surface area (Å²) < 4.78 is 12.6. The second kappa shape index (κ2) is 6.63. The van der Waals surface area contributed by atoms with Crippen LogP contribution in [0.4, 0.5) is 0 Å². The van der Waals surface area contributed by atoms with Gasteiger partial charge in [0.2, 0.25) is 7.37 Å². The van der Waals surface area contributed by atoms with E-state index >= 15 is 0 Å². The van der Waals surface area contributed by atoms with Crippen LogP contribution in [0.1, 0.15) is 17.2 Å². The molecule has 0 aliphatic heterocycles. The Hall–Kier alpha value is -2.36. The lowest BCUT2D eigenvalue weighted by Gasteiger charge is -2.16. The van der Waals surface area contributed by atoms with Crippen molar-refractivity contribution in [3.05, 3.63) is 71.9 Å². The molecule has 1 aromatic heterocycles. The number of hydrogen-bond acceptors (Lipinski definition) is 2. The number of carbonyl (C=O) groups is 1. The molecule has 2 atom stereocenters. The molecule has 2 unspecified atom stereocenters. The zero-order valence-electron chi connectivity index (χ0n) is 12.9. The summed E-state index contributed by atoms with van der Waals surface area (Å²) in [5.41, 5.74) is 1.99. The fourth-order valence-electron chi connectivity index (χ4n) is 2.81. The van der Waals surface area contributed by atoms with Crippen LogP contribution < -0.4 is 0 Å². The number of fused-ring (bicyclic) bond motifs is 1. The Labute approximate surface area is 139 Å². The molecule has 6 heteroatoms. The monoisotopic (exact) mass is 343 g/mol. The van der Waals surface area contributed by atoms with E-state index in [0.717, 1.165) is 16.5 Å². The maximum absolute atomic E-state index is 12.6. The van der Waals surface area contributed by atoms with Crippen LogP contribution in [-0.4, -0.2) is 27.1 Å². The van der Waals surface area contributed by atoms with Crippen molar-refractivity contribution in [2.75, 3.05) is 6.16 Å². The van der Waals surface area contributed by atoms with Crippen LogP contribution in [0.15, 0.2) is 60.7 Å². The molecule has 3 rings (SSSR count). The summed E-state index contributed by atoms with van der Waals surface area (Å²) in [6.07, 6.45) is -0.331. The van der Waals surface area contributed by atoms with E-state index < -0.39 is 19.3 Å². The van der Waals surface area contributed by atoms with Gasteiger partial charge in [-0.1, -0.05) is 48.5 Å². The number of carboxylic acids is 1. The Balaban J connectivity index is 1.85. The Bertz CT molecular complexity index is 871. The molecule has 24 heavy (non-hydrogen) atoms. The Morgan fingerprint density at radius 3 is 2.42 bits per heavy atom. The SMILES string of the molecule is O=C(O)C(CP(=O)(O)Cc1ccccc1)c1cc2ccccc2[nH]1. The predicted octanol–water partition coefficient (Wildman–Crippen LogP) is 3.81. The first-order valence-corrected chi connectivity index (χ1v) is 9.63. The summed E-state index contributed by atoms with van der Waals surface area (Å²) in [4.78, 5) is 25.0. The highest BCUT2D eigenvalue weighted by Gasteiger charge is 2.31. The molecule has 3 aromatic rings. The van der Waals surface area contributed by atoms with Gasteiger partial charge in [-0.3, -0.25) is 9.36 Å². The molecule has 2 aromatic carbocycles. The van der Waals surface area contributed by atoms with E-state index in [4.69, 9.17) is 0 Å². The first-order valence-electron chi connectivity index (χ1n) is 7.60. The van der Waals surface area contributed by atoms with Crippen molar-refractivity contribution < 1.29 is 19.4 Å². The Morgan fingerprint density at radius 2 is 1.75 bits per heavy atom. The van der Waals surface area contributed by atoms with Crippen molar-refractivity contribution in [3.63, 3.8) is 0 Å². The lowest BCUT2D eigenvalue weighted by atomic mass is 10.1. The molecule has 0 bridgehead atoms. The highest BCUT2D eigenvalue weighted by atomic mass is 31.2. The van der Waals surface area contributed by atoms with Crippen LogP contribution >= 0.6 is 7.37 Å². The molecular weight excluding hydrogens is 325 g/mol. The summed E-state index contributed by atoms with van der Waals surface area (Å²) in [5.74, 6) is -2.15. The molecule has 0 saturated carbocycles. The van der Waals surface area contributed by atoms with E-state index in [1.54, 1.807) is 30.3 Å². The summed E-state index contributed by atoms with van der Waals surface area (Å²) in [5, 5.41) is 10.4. The van der Waals surface area contributed by atoms with Gasteiger partial charge in [0.15, 0.2) is 0 Å². The number of H-pyrrole nitrogens is 1. The predicted molar refractivity (Wildman–Crippen MR) is 93.5 cm³/mol. The van der Waals surface area contributed by atoms with Crippen molar-refractivity contribution in [3.8, 4) is 0 Å². The van der Waals surface area contributed by atoms with Crippen LogP contribution in [0.3, 0.4) is 0 Å². The molecule has 0 spiro atoms. The third-order valence-electron chi connectivity index (χ3n) is 3.96. The zero-order chi connectivity index (χ0) is 17.2. The maximum atomic E-state index is 12.6. The zero-order valence-corrected chi connectivity index (χ0v) is 13.8. The smallest absolute Gasteiger partial charge is 0.313 e. The number of rotatable bonds is 6. The first-order chi connectivity index (χ1) is 11.4. The van der Waals surface area contributed by atoms with Crippen LogP contribution in [0, 0.1) is 0 Å². The number of carboxylic acid groups (broad SMARTS) is 1. The minimum absolute atomic E-state index is 0.0299. The highest BCUT2D eigenvalue weighted by Crippen LogP contribution is 2.48. The molecule has 124 valence electrons. The number of hydrogen-bond donors (Lipinski definition) is 3. The van der Waals surface area contributed by atoms with Gasteiger partial charge in [-0.2, -0.15) is 0 Å². The summed E-state index contributed by atoms with van der Waals surface area (Å²) in [7, 11) is -3.63. The third-order valence-corrected chi connectivity index (χ3v) is 5.76. The van der Waals surface area contributed by atoms with E-state index in [1.165, 1.54) is 0 Å². The number of aliphatic carboxylic acids is 1. The van der Waals surface area contributed by atoms with Gasteiger partial charge >= 0.3 is 5.97 Å². The summed E-state index contributed by atoms with van der Waals surface area (Å²) in [6.45, 7) is 0. The number of aromatic amines is 1. The quantitative estimate of drug-likeness (QED) is 0.594. The van der Waals surface area contributed by atoms with Gasteiger partial charge in [0.1, 0.15) is 5.92 Å². The molecule has 0 amide bonds. The van der Waals surface area contributed by atoms with Crippen molar-refractivity contribution in [2.45, 2.75) is 12.1 Å². The fraction of sp³-hybridized carbons (Fsp3) is 0.167. The highest BCUT2D eigenvalue weighted by molar-refractivity contribution is 7.57. The average molecular weight is 343 g/mol. The van der Waals surface area contributed by atoms with Crippen molar-refractivity contribution >= 4 is 24.2 Å². The van der Waals surface area contributed by atoms with Crippen molar-refractivity contribution in [1.29, 1.82) is 0 Å². The number of nitrogens with one attached hydrogen (secondary N) is 1. The largest absolute Gasteiger partial charge is 0.481 e. The minimum Gasteiger partial charge on any atom is -0.481 e. The normalized spacial score (nSPS) is 15.0. The van der Waals surface area contributed by atoms with E-state index in [1.807, 2.05) is 30.3 Å². The van der Waals surface area contributed by atoms with Gasteiger partial charge in [0.25, 0.3) is 0 Å². The molecule has 0 saturated heterocycles. The van der Waals surface area contributed by atoms with Gasteiger partial charge < -0.3 is 15.0 Å². The number of aromatic nitrogens is 1. The Kier molecular flexibility index (Phi) is 4.56. The van der Waals surface area contributed by atoms with Gasteiger partial charge in [-0.15, -0.1) is 0 Å². The minimum atomic E-state index is -3.63. The van der Waals surface area contributed by atoms with Crippen molar-refractivity contribution in [2.24, 2.45) is 0 Å². The third kappa shape index (κ3) is 3.75. The van der Waals surface area contributed by atoms with Gasteiger partial charge in [0, 0.05) is 23.5 Å². The molecule has 0 aliphatic rings. The molecular formula is C18H18NO4P. The topological polar surface area (TPSA) is 90.4 Å². The Morgan fingerprint density at radius 1 is 1.08 bits per heavy atom. The first kappa shape index (κ1) is 16.5. The molecule has 0 radical (unpaired) electrons. The maximum Gasteiger partial charge on any atom is 0.313 e. The number of benzene rings is 2. The van der Waals surface area contributed by atoms with Crippen LogP contribution in [-0.2, 0) is 15.5 Å². The molecule has 0 aliphatic carbocycles. The van der Waals surface area contributed by atoms with Crippen LogP contribution in [0.5, 0.6) is 0 Å². The lowest BCUT2D eigenvalue weighted by Crippen LogP contribution is -2.17. The van der Waals surface area contributed by atoms with Gasteiger partial charge in [0.05, 0.1) is 0 Å². The summed E-state index contributed by atoms with van der Waals surface area (Å²) in [6, 6.07) is 18.1. The second-order valence-corrected chi connectivity index (χ2v) is 8.25. The summed E-state index contributed by atoms with van der Waals surface area (Å²) >= 11 is 0. The molecule has 5 nitrogen and oxygen atoms in total. The standard InChI is InChI=1S/C18H18NO4P/c20-18(21)15(17-10-14-8-4-5-9-16(14)19-17)12-24(22,23)11-13-6-2-1-3-7-13/h1-10,15,19H,11-12H2,(H,20,21)(H,22,23). The van der Waals surface area contributed by atoms with E-state index in [9.17, 15) is 19.4 Å². The van der Waals surface area contributed by atoms with Crippen LogP contribution in [0.25, 0.3) is 10.9 Å². The van der Waals surface area contributed by atoms with E-state index in [2.05, 4.69) is 4.98 Å². The van der Waals surface area contributed by atoms with Gasteiger partial charge in [-0.05, 0) is 23.1 Å².